The molecule has 5 nitrogen and oxygen atoms in total. The smallest absolute Gasteiger partial charge is 0.242 e. The molecule has 1 aliphatic heterocycles. The number of amides is 2. The fourth-order valence-electron chi connectivity index (χ4n) is 2.86. The van der Waals surface area contributed by atoms with E-state index >= 15 is 0 Å². The van der Waals surface area contributed by atoms with Gasteiger partial charge in [-0.05, 0) is 25.7 Å². The Morgan fingerprint density at radius 3 is 2.88 bits per heavy atom. The molecule has 1 saturated heterocycles. The van der Waals surface area contributed by atoms with Gasteiger partial charge in [0, 0.05) is 25.0 Å². The van der Waals surface area contributed by atoms with E-state index < -0.39 is 0 Å². The molecule has 17 heavy (non-hydrogen) atoms. The van der Waals surface area contributed by atoms with E-state index in [-0.39, 0.29) is 29.8 Å². The van der Waals surface area contributed by atoms with Crippen molar-refractivity contribution in [2.75, 3.05) is 13.1 Å². The van der Waals surface area contributed by atoms with E-state index in [2.05, 4.69) is 5.32 Å². The fourth-order valence-corrected chi connectivity index (χ4v) is 2.86. The summed E-state index contributed by atoms with van der Waals surface area (Å²) >= 11 is 0. The Kier molecular flexibility index (Phi) is 3.66. The van der Waals surface area contributed by atoms with Gasteiger partial charge in [0.1, 0.15) is 6.04 Å². The largest absolute Gasteiger partial charge is 0.353 e. The Hall–Kier alpha value is -1.10. The monoisotopic (exact) mass is 239 g/mol. The summed E-state index contributed by atoms with van der Waals surface area (Å²) in [6.07, 6.45) is 3.24. The molecule has 2 aliphatic rings. The van der Waals surface area contributed by atoms with Crippen molar-refractivity contribution in [3.05, 3.63) is 0 Å². The van der Waals surface area contributed by atoms with Crippen LogP contribution in [0.25, 0.3) is 0 Å². The fraction of sp³-hybridized carbons (Fsp3) is 0.833. The normalized spacial score (nSPS) is 33.6. The summed E-state index contributed by atoms with van der Waals surface area (Å²) in [6.45, 7) is 3.14. The first-order valence-electron chi connectivity index (χ1n) is 6.47. The summed E-state index contributed by atoms with van der Waals surface area (Å²) in [5, 5.41) is 2.81. The van der Waals surface area contributed by atoms with Gasteiger partial charge in [0.2, 0.25) is 11.8 Å². The Labute approximate surface area is 102 Å². The van der Waals surface area contributed by atoms with E-state index in [4.69, 9.17) is 5.73 Å². The van der Waals surface area contributed by atoms with Gasteiger partial charge in [-0.3, -0.25) is 9.59 Å². The van der Waals surface area contributed by atoms with Crippen LogP contribution in [0, 0.1) is 5.92 Å². The first-order chi connectivity index (χ1) is 8.13. The Morgan fingerprint density at radius 1 is 1.53 bits per heavy atom. The van der Waals surface area contributed by atoms with Crippen LogP contribution >= 0.6 is 0 Å². The van der Waals surface area contributed by atoms with Gasteiger partial charge in [-0.2, -0.15) is 0 Å². The molecule has 5 heteroatoms. The number of rotatable bonds is 2. The lowest BCUT2D eigenvalue weighted by Gasteiger charge is -2.36. The molecule has 3 N–H and O–H groups in total. The van der Waals surface area contributed by atoms with Crippen molar-refractivity contribution >= 4 is 11.8 Å². The molecule has 2 amide bonds. The van der Waals surface area contributed by atoms with Crippen LogP contribution in [-0.2, 0) is 9.59 Å². The average molecular weight is 239 g/mol. The molecule has 0 bridgehead atoms. The molecular formula is C12H21N3O2. The van der Waals surface area contributed by atoms with Gasteiger partial charge in [-0.1, -0.05) is 6.92 Å². The number of piperazine rings is 1. The van der Waals surface area contributed by atoms with Crippen molar-refractivity contribution in [3.63, 3.8) is 0 Å². The van der Waals surface area contributed by atoms with Crippen LogP contribution in [0.2, 0.25) is 0 Å². The number of nitrogens with zero attached hydrogens (tertiary/aromatic N) is 1. The highest BCUT2D eigenvalue weighted by molar-refractivity contribution is 5.89. The first kappa shape index (κ1) is 12.4. The van der Waals surface area contributed by atoms with Crippen LogP contribution in [0.5, 0.6) is 0 Å². The molecule has 1 saturated carbocycles. The second-order valence-electron chi connectivity index (χ2n) is 5.02. The number of carbonyl (C=O) groups is 2. The lowest BCUT2D eigenvalue weighted by molar-refractivity contribution is -0.146. The lowest BCUT2D eigenvalue weighted by atomic mass is 10.0. The third-order valence-corrected chi connectivity index (χ3v) is 3.82. The molecule has 0 aromatic heterocycles. The van der Waals surface area contributed by atoms with Gasteiger partial charge in [-0.25, -0.2) is 0 Å². The van der Waals surface area contributed by atoms with Crippen molar-refractivity contribution in [1.82, 2.24) is 10.2 Å². The summed E-state index contributed by atoms with van der Waals surface area (Å²) in [5.74, 6) is 0.138. The summed E-state index contributed by atoms with van der Waals surface area (Å²) in [4.78, 5) is 25.8. The maximum atomic E-state index is 12.4. The van der Waals surface area contributed by atoms with Gasteiger partial charge in [-0.15, -0.1) is 0 Å². The maximum Gasteiger partial charge on any atom is 0.242 e. The van der Waals surface area contributed by atoms with E-state index in [1.54, 1.807) is 4.90 Å². The minimum atomic E-state index is -0.284. The van der Waals surface area contributed by atoms with E-state index in [1.807, 2.05) is 6.92 Å². The minimum Gasteiger partial charge on any atom is -0.353 e. The molecule has 3 unspecified atom stereocenters. The highest BCUT2D eigenvalue weighted by Crippen LogP contribution is 2.27. The zero-order chi connectivity index (χ0) is 12.4. The number of nitrogens with one attached hydrogen (secondary N) is 1. The third-order valence-electron chi connectivity index (χ3n) is 3.82. The van der Waals surface area contributed by atoms with Gasteiger partial charge < -0.3 is 16.0 Å². The number of carbonyl (C=O) groups excluding carboxylic acids is 2. The van der Waals surface area contributed by atoms with Crippen molar-refractivity contribution in [2.45, 2.75) is 44.7 Å². The zero-order valence-corrected chi connectivity index (χ0v) is 10.3. The van der Waals surface area contributed by atoms with E-state index in [0.29, 0.717) is 19.5 Å². The number of hydrogen-bond acceptors (Lipinski definition) is 3. The van der Waals surface area contributed by atoms with Gasteiger partial charge in [0.05, 0.1) is 0 Å². The van der Waals surface area contributed by atoms with Gasteiger partial charge >= 0.3 is 0 Å². The highest BCUT2D eigenvalue weighted by Gasteiger charge is 2.37. The second kappa shape index (κ2) is 5.04. The Bertz CT molecular complexity index is 319. The predicted octanol–water partition coefficient (Wildman–Crippen LogP) is -0.149. The topological polar surface area (TPSA) is 75.4 Å². The predicted molar refractivity (Wildman–Crippen MR) is 64.1 cm³/mol. The molecule has 1 heterocycles. The number of nitrogens with two attached hydrogens (primary N) is 1. The van der Waals surface area contributed by atoms with Crippen LogP contribution in [0.4, 0.5) is 0 Å². The summed E-state index contributed by atoms with van der Waals surface area (Å²) < 4.78 is 0. The van der Waals surface area contributed by atoms with E-state index in [9.17, 15) is 9.59 Å². The first-order valence-corrected chi connectivity index (χ1v) is 6.47. The van der Waals surface area contributed by atoms with Crippen LogP contribution < -0.4 is 11.1 Å². The van der Waals surface area contributed by atoms with Crippen molar-refractivity contribution in [1.29, 1.82) is 0 Å². The summed E-state index contributed by atoms with van der Waals surface area (Å²) in [7, 11) is 0. The summed E-state index contributed by atoms with van der Waals surface area (Å²) in [6, 6.07) is -0.129. The SMILES string of the molecule is CCC1C(=O)NCCN1C(=O)C1CCC(N)C1. The second-order valence-corrected chi connectivity index (χ2v) is 5.02. The van der Waals surface area contributed by atoms with E-state index in [0.717, 1.165) is 19.3 Å². The molecule has 0 spiro atoms. The zero-order valence-electron chi connectivity index (χ0n) is 10.3. The third kappa shape index (κ3) is 2.44. The molecule has 96 valence electrons. The van der Waals surface area contributed by atoms with Gasteiger partial charge in [0.25, 0.3) is 0 Å². The van der Waals surface area contributed by atoms with Crippen molar-refractivity contribution < 1.29 is 9.59 Å². The van der Waals surface area contributed by atoms with E-state index in [1.165, 1.54) is 0 Å². The standard InChI is InChI=1S/C12H21N3O2/c1-2-10-11(16)14-5-6-15(10)12(17)8-3-4-9(13)7-8/h8-10H,2-7,13H2,1H3,(H,14,16). The molecule has 0 aromatic rings. The lowest BCUT2D eigenvalue weighted by Crippen LogP contribution is -2.58. The minimum absolute atomic E-state index is 0.0191. The van der Waals surface area contributed by atoms with Crippen LogP contribution in [0.15, 0.2) is 0 Å². The van der Waals surface area contributed by atoms with Crippen LogP contribution in [0.1, 0.15) is 32.6 Å². The average Bonchev–Trinajstić information content (AvgIpc) is 2.74. The Morgan fingerprint density at radius 2 is 2.29 bits per heavy atom. The molecule has 0 radical (unpaired) electrons. The van der Waals surface area contributed by atoms with Crippen molar-refractivity contribution in [2.24, 2.45) is 11.7 Å². The number of hydrogen-bond donors (Lipinski definition) is 2. The molecule has 2 rings (SSSR count). The molecule has 0 aromatic carbocycles. The summed E-state index contributed by atoms with van der Waals surface area (Å²) in [5.41, 5.74) is 5.84. The highest BCUT2D eigenvalue weighted by atomic mass is 16.2. The van der Waals surface area contributed by atoms with Crippen LogP contribution in [0.3, 0.4) is 0 Å². The molecule has 3 atom stereocenters. The molecular weight excluding hydrogens is 218 g/mol. The maximum absolute atomic E-state index is 12.4. The Balaban J connectivity index is 2.04. The van der Waals surface area contributed by atoms with Crippen LogP contribution in [-0.4, -0.2) is 41.9 Å². The van der Waals surface area contributed by atoms with Crippen molar-refractivity contribution in [3.8, 4) is 0 Å². The molecule has 2 fully saturated rings. The molecule has 1 aliphatic carbocycles. The van der Waals surface area contributed by atoms with Gasteiger partial charge in [0.15, 0.2) is 0 Å². The quantitative estimate of drug-likeness (QED) is 0.703.